The van der Waals surface area contributed by atoms with Gasteiger partial charge in [-0.1, -0.05) is 61.5 Å². The molecule has 192 valence electrons. The summed E-state index contributed by atoms with van der Waals surface area (Å²) in [6, 6.07) is 25.5. The molecule has 0 radical (unpaired) electrons. The number of hydrogen-bond donors (Lipinski definition) is 0. The van der Waals surface area contributed by atoms with Gasteiger partial charge in [0.2, 0.25) is 0 Å². The van der Waals surface area contributed by atoms with Crippen LogP contribution in [0, 0.1) is 5.92 Å². The second kappa shape index (κ2) is 12.3. The average molecular weight is 505 g/mol. The van der Waals surface area contributed by atoms with Gasteiger partial charge in [0.05, 0.1) is 16.7 Å². The van der Waals surface area contributed by atoms with Crippen LogP contribution in [0.3, 0.4) is 0 Å². The van der Waals surface area contributed by atoms with Gasteiger partial charge in [-0.15, -0.1) is 0 Å². The summed E-state index contributed by atoms with van der Waals surface area (Å²) in [4.78, 5) is 38.4. The molecule has 0 N–H and O–H groups in total. The first-order chi connectivity index (χ1) is 18.0. The molecule has 8 nitrogen and oxygen atoms in total. The molecule has 1 aliphatic rings. The summed E-state index contributed by atoms with van der Waals surface area (Å²) < 4.78 is 28.7. The van der Waals surface area contributed by atoms with Crippen molar-refractivity contribution in [3.8, 4) is 0 Å². The molecule has 37 heavy (non-hydrogen) atoms. The molecule has 0 spiro atoms. The van der Waals surface area contributed by atoms with Gasteiger partial charge in [0.1, 0.15) is 18.8 Å². The lowest BCUT2D eigenvalue weighted by molar-refractivity contribution is -0.278. The number of ether oxygens (including phenoxy) is 5. The lowest BCUT2D eigenvalue weighted by atomic mass is 9.90. The highest BCUT2D eigenvalue weighted by molar-refractivity contribution is 5.90. The lowest BCUT2D eigenvalue weighted by Crippen LogP contribution is -2.58. The predicted octanol–water partition coefficient (Wildman–Crippen LogP) is 4.30. The van der Waals surface area contributed by atoms with Gasteiger partial charge in [0, 0.05) is 13.0 Å². The van der Waals surface area contributed by atoms with E-state index in [1.165, 1.54) is 7.11 Å². The number of esters is 3. The van der Waals surface area contributed by atoms with Gasteiger partial charge in [0.25, 0.3) is 0 Å². The molecular formula is C29H28O8. The second-order valence-corrected chi connectivity index (χ2v) is 8.57. The Balaban J connectivity index is 1.55. The summed E-state index contributed by atoms with van der Waals surface area (Å²) in [5.41, 5.74) is 1.07. The summed E-state index contributed by atoms with van der Waals surface area (Å²) in [5.74, 6) is -2.23. The summed E-state index contributed by atoms with van der Waals surface area (Å²) in [6.07, 6.45) is -3.78. The SMILES string of the molecule is CO[C@H]1O[C@H](COC(=O)c2ccccc2)[C@@H](C)[C@H](OC(=O)c2ccccc2)[C@H]1OC(=O)c1ccccc1. The van der Waals surface area contributed by atoms with Crippen LogP contribution in [0.25, 0.3) is 0 Å². The number of benzene rings is 3. The fraction of sp³-hybridized carbons (Fsp3) is 0.276. The first-order valence-corrected chi connectivity index (χ1v) is 11.9. The van der Waals surface area contributed by atoms with Gasteiger partial charge < -0.3 is 23.7 Å². The van der Waals surface area contributed by atoms with Crippen molar-refractivity contribution in [1.82, 2.24) is 0 Å². The largest absolute Gasteiger partial charge is 0.459 e. The molecule has 8 heteroatoms. The van der Waals surface area contributed by atoms with E-state index in [9.17, 15) is 14.4 Å². The van der Waals surface area contributed by atoms with Crippen LogP contribution >= 0.6 is 0 Å². The average Bonchev–Trinajstić information content (AvgIpc) is 2.95. The Bertz CT molecular complexity index is 1180. The van der Waals surface area contributed by atoms with Crippen LogP contribution in [0.5, 0.6) is 0 Å². The van der Waals surface area contributed by atoms with Gasteiger partial charge in [-0.25, -0.2) is 14.4 Å². The van der Waals surface area contributed by atoms with Crippen LogP contribution in [0.4, 0.5) is 0 Å². The smallest absolute Gasteiger partial charge is 0.338 e. The highest BCUT2D eigenvalue weighted by Gasteiger charge is 2.49. The van der Waals surface area contributed by atoms with Crippen molar-refractivity contribution >= 4 is 17.9 Å². The lowest BCUT2D eigenvalue weighted by Gasteiger charge is -2.43. The molecular weight excluding hydrogens is 476 g/mol. The van der Waals surface area contributed by atoms with Gasteiger partial charge >= 0.3 is 17.9 Å². The Hall–Kier alpha value is -4.01. The van der Waals surface area contributed by atoms with Gasteiger partial charge in [-0.05, 0) is 36.4 Å². The maximum Gasteiger partial charge on any atom is 0.338 e. The Labute approximate surface area is 215 Å². The van der Waals surface area contributed by atoms with Crippen LogP contribution in [-0.4, -0.2) is 56.2 Å². The fourth-order valence-electron chi connectivity index (χ4n) is 4.06. The van der Waals surface area contributed by atoms with E-state index in [4.69, 9.17) is 23.7 Å². The van der Waals surface area contributed by atoms with Crippen molar-refractivity contribution in [3.05, 3.63) is 108 Å². The van der Waals surface area contributed by atoms with Crippen LogP contribution in [0.1, 0.15) is 38.0 Å². The Kier molecular flexibility index (Phi) is 8.66. The number of rotatable bonds is 8. The number of hydrogen-bond acceptors (Lipinski definition) is 8. The molecule has 4 rings (SSSR count). The van der Waals surface area contributed by atoms with Crippen LogP contribution in [0.2, 0.25) is 0 Å². The number of methoxy groups -OCH3 is 1. The molecule has 0 saturated carbocycles. The van der Waals surface area contributed by atoms with Crippen LogP contribution in [-0.2, 0) is 23.7 Å². The maximum atomic E-state index is 13.0. The van der Waals surface area contributed by atoms with Crippen molar-refractivity contribution < 1.29 is 38.1 Å². The number of carbonyl (C=O) groups excluding carboxylic acids is 3. The Morgan fingerprint density at radius 2 is 1.11 bits per heavy atom. The molecule has 0 bridgehead atoms. The monoisotopic (exact) mass is 504 g/mol. The molecule has 3 aromatic carbocycles. The molecule has 0 aromatic heterocycles. The van der Waals surface area contributed by atoms with E-state index in [-0.39, 0.29) is 6.61 Å². The van der Waals surface area contributed by atoms with Crippen LogP contribution in [0.15, 0.2) is 91.0 Å². The normalized spacial score (nSPS) is 23.0. The zero-order valence-electron chi connectivity index (χ0n) is 20.5. The zero-order valence-corrected chi connectivity index (χ0v) is 20.5. The minimum atomic E-state index is -1.07. The number of carbonyl (C=O) groups is 3. The van der Waals surface area contributed by atoms with Gasteiger partial charge in [-0.2, -0.15) is 0 Å². The minimum absolute atomic E-state index is 0.118. The quantitative estimate of drug-likeness (QED) is 0.331. The maximum absolute atomic E-state index is 13.0. The molecule has 1 aliphatic heterocycles. The fourth-order valence-corrected chi connectivity index (χ4v) is 4.06. The van der Waals surface area contributed by atoms with Crippen molar-refractivity contribution in [1.29, 1.82) is 0 Å². The zero-order chi connectivity index (χ0) is 26.2. The summed E-state index contributed by atoms with van der Waals surface area (Å²) in [5, 5.41) is 0. The van der Waals surface area contributed by atoms with Crippen molar-refractivity contribution in [2.24, 2.45) is 5.92 Å². The second-order valence-electron chi connectivity index (χ2n) is 8.57. The molecule has 3 aromatic rings. The third-order valence-electron chi connectivity index (χ3n) is 6.13. The molecule has 0 unspecified atom stereocenters. The van der Waals surface area contributed by atoms with Crippen molar-refractivity contribution in [3.63, 3.8) is 0 Å². The summed E-state index contributed by atoms with van der Waals surface area (Å²) in [6.45, 7) is 1.66. The highest BCUT2D eigenvalue weighted by atomic mass is 16.7. The third-order valence-corrected chi connectivity index (χ3v) is 6.13. The minimum Gasteiger partial charge on any atom is -0.459 e. The Morgan fingerprint density at radius 1 is 0.676 bits per heavy atom. The molecule has 1 saturated heterocycles. The van der Waals surface area contributed by atoms with E-state index in [0.717, 1.165) is 0 Å². The summed E-state index contributed by atoms with van der Waals surface area (Å²) >= 11 is 0. The van der Waals surface area contributed by atoms with E-state index in [2.05, 4.69) is 0 Å². The van der Waals surface area contributed by atoms with Crippen molar-refractivity contribution in [2.75, 3.05) is 13.7 Å². The standard InChI is InChI=1S/C29H28O8/c1-19-23(18-34-26(30)20-12-6-3-7-13-20)35-29(33-2)25(37-28(32)22-16-10-5-11-17-22)24(19)36-27(31)21-14-8-4-9-15-21/h3-17,19,23-25,29H,18H2,1-2H3/t19-,23-,24+,25-,29+/m1/s1. The van der Waals surface area contributed by atoms with E-state index in [1.54, 1.807) is 97.9 Å². The van der Waals surface area contributed by atoms with Crippen molar-refractivity contribution in [2.45, 2.75) is 31.5 Å². The van der Waals surface area contributed by atoms with Crippen LogP contribution < -0.4 is 0 Å². The molecule has 1 heterocycles. The molecule has 0 amide bonds. The third kappa shape index (κ3) is 6.41. The van der Waals surface area contributed by atoms with E-state index in [0.29, 0.717) is 16.7 Å². The van der Waals surface area contributed by atoms with Gasteiger partial charge in [-0.3, -0.25) is 0 Å². The molecule has 1 fully saturated rings. The van der Waals surface area contributed by atoms with E-state index in [1.807, 2.05) is 0 Å². The van der Waals surface area contributed by atoms with E-state index >= 15 is 0 Å². The first-order valence-electron chi connectivity index (χ1n) is 11.9. The predicted molar refractivity (Wildman–Crippen MR) is 133 cm³/mol. The van der Waals surface area contributed by atoms with E-state index < -0.39 is 48.4 Å². The first kappa shape index (κ1) is 26.1. The van der Waals surface area contributed by atoms with Gasteiger partial charge in [0.15, 0.2) is 12.4 Å². The Morgan fingerprint density at radius 3 is 1.57 bits per heavy atom. The molecule has 5 atom stereocenters. The highest BCUT2D eigenvalue weighted by Crippen LogP contribution is 2.32. The molecule has 0 aliphatic carbocycles. The topological polar surface area (TPSA) is 97.4 Å². The summed E-state index contributed by atoms with van der Waals surface area (Å²) in [7, 11) is 1.40.